The van der Waals surface area contributed by atoms with Gasteiger partial charge in [-0.15, -0.1) is 0 Å². The molecule has 16 heavy (non-hydrogen) atoms. The van der Waals surface area contributed by atoms with E-state index in [0.29, 0.717) is 0 Å². The second-order valence-electron chi connectivity index (χ2n) is 5.24. The second-order valence-corrected chi connectivity index (χ2v) is 5.24. The molecular weight excluding hydrogens is 196 g/mol. The number of rotatable bonds is 6. The summed E-state index contributed by atoms with van der Waals surface area (Å²) in [4.78, 5) is 2.71. The van der Waals surface area contributed by atoms with E-state index in [9.17, 15) is 0 Å². The molecule has 1 rings (SSSR count). The van der Waals surface area contributed by atoms with Crippen LogP contribution < -0.4 is 5.32 Å². The lowest BCUT2D eigenvalue weighted by molar-refractivity contribution is 0.193. The zero-order chi connectivity index (χ0) is 11.8. The van der Waals surface area contributed by atoms with Gasteiger partial charge >= 0.3 is 0 Å². The maximum Gasteiger partial charge on any atom is 0.0217 e. The smallest absolute Gasteiger partial charge is 0.0217 e. The molecule has 0 aromatic heterocycles. The monoisotopic (exact) mass is 226 g/mol. The average Bonchev–Trinajstić information content (AvgIpc) is 2.52. The summed E-state index contributed by atoms with van der Waals surface area (Å²) in [6.07, 6.45) is 8.37. The molecule has 0 spiro atoms. The summed E-state index contributed by atoms with van der Waals surface area (Å²) in [7, 11) is 2.07. The Kier molecular flexibility index (Phi) is 7.06. The molecule has 1 aliphatic rings. The van der Waals surface area contributed by atoms with Crippen molar-refractivity contribution in [1.29, 1.82) is 0 Å². The van der Waals surface area contributed by atoms with Crippen LogP contribution in [0.1, 0.15) is 52.4 Å². The summed E-state index contributed by atoms with van der Waals surface area (Å²) in [5.41, 5.74) is 0. The number of hydrogen-bond donors (Lipinski definition) is 1. The van der Waals surface area contributed by atoms with E-state index >= 15 is 0 Å². The van der Waals surface area contributed by atoms with Gasteiger partial charge in [-0.3, -0.25) is 4.90 Å². The van der Waals surface area contributed by atoms with Crippen molar-refractivity contribution in [2.75, 3.05) is 26.7 Å². The molecule has 1 saturated heterocycles. The summed E-state index contributed by atoms with van der Waals surface area (Å²) < 4.78 is 0. The van der Waals surface area contributed by atoms with Crippen molar-refractivity contribution < 1.29 is 0 Å². The van der Waals surface area contributed by atoms with Crippen LogP contribution in [0.25, 0.3) is 0 Å². The first-order valence-corrected chi connectivity index (χ1v) is 7.20. The van der Waals surface area contributed by atoms with Gasteiger partial charge in [-0.25, -0.2) is 0 Å². The number of nitrogens with one attached hydrogen (secondary N) is 1. The van der Waals surface area contributed by atoms with Crippen LogP contribution in [0.15, 0.2) is 0 Å². The fourth-order valence-corrected chi connectivity index (χ4v) is 3.02. The molecule has 2 atom stereocenters. The zero-order valence-electron chi connectivity index (χ0n) is 11.5. The predicted molar refractivity (Wildman–Crippen MR) is 71.8 cm³/mol. The van der Waals surface area contributed by atoms with E-state index < -0.39 is 0 Å². The molecule has 1 N–H and O–H groups in total. The van der Waals surface area contributed by atoms with Crippen LogP contribution in [0.5, 0.6) is 0 Å². The Morgan fingerprint density at radius 1 is 1.25 bits per heavy atom. The minimum atomic E-state index is 0.755. The van der Waals surface area contributed by atoms with E-state index in [1.54, 1.807) is 0 Å². The molecule has 0 amide bonds. The van der Waals surface area contributed by atoms with Gasteiger partial charge in [-0.05, 0) is 51.7 Å². The molecule has 0 bridgehead atoms. The second kappa shape index (κ2) is 8.08. The van der Waals surface area contributed by atoms with Gasteiger partial charge in [0.2, 0.25) is 0 Å². The summed E-state index contributed by atoms with van der Waals surface area (Å²) in [6.45, 7) is 8.43. The normalized spacial score (nSPS) is 25.3. The van der Waals surface area contributed by atoms with E-state index in [1.807, 2.05) is 0 Å². The molecule has 1 heterocycles. The number of nitrogens with zero attached hydrogens (tertiary/aromatic N) is 1. The fraction of sp³-hybridized carbons (Fsp3) is 1.00. The van der Waals surface area contributed by atoms with Crippen LogP contribution in [0.4, 0.5) is 0 Å². The van der Waals surface area contributed by atoms with Gasteiger partial charge in [-0.1, -0.05) is 26.7 Å². The number of hydrogen-bond acceptors (Lipinski definition) is 2. The summed E-state index contributed by atoms with van der Waals surface area (Å²) in [5.74, 6) is 1.00. The van der Waals surface area contributed by atoms with Crippen molar-refractivity contribution >= 4 is 0 Å². The molecule has 2 unspecified atom stereocenters. The van der Waals surface area contributed by atoms with Crippen LogP contribution in [-0.4, -0.2) is 37.6 Å². The van der Waals surface area contributed by atoms with Gasteiger partial charge in [0.25, 0.3) is 0 Å². The molecule has 0 saturated carbocycles. The molecule has 1 aliphatic heterocycles. The van der Waals surface area contributed by atoms with Crippen molar-refractivity contribution in [3.8, 4) is 0 Å². The largest absolute Gasteiger partial charge is 0.318 e. The first kappa shape index (κ1) is 14.0. The Morgan fingerprint density at radius 2 is 2.06 bits per heavy atom. The first-order valence-electron chi connectivity index (χ1n) is 7.20. The maximum absolute atomic E-state index is 3.33. The van der Waals surface area contributed by atoms with Gasteiger partial charge < -0.3 is 5.32 Å². The third-order valence-electron chi connectivity index (χ3n) is 4.01. The molecule has 2 heteroatoms. The SMILES string of the molecule is CCCC1CCCN(C(CC)CNC)CC1. The van der Waals surface area contributed by atoms with E-state index in [2.05, 4.69) is 31.1 Å². The molecule has 0 aromatic rings. The topological polar surface area (TPSA) is 15.3 Å². The van der Waals surface area contributed by atoms with E-state index in [1.165, 1.54) is 51.6 Å². The van der Waals surface area contributed by atoms with E-state index in [-0.39, 0.29) is 0 Å². The predicted octanol–water partition coefficient (Wildman–Crippen LogP) is 2.89. The fourth-order valence-electron chi connectivity index (χ4n) is 3.02. The van der Waals surface area contributed by atoms with Gasteiger partial charge in [0, 0.05) is 12.6 Å². The highest BCUT2D eigenvalue weighted by Gasteiger charge is 2.21. The molecule has 0 aliphatic carbocycles. The third-order valence-corrected chi connectivity index (χ3v) is 4.01. The Morgan fingerprint density at radius 3 is 2.69 bits per heavy atom. The Hall–Kier alpha value is -0.0800. The number of likely N-dealkylation sites (N-methyl/N-ethyl adjacent to an activating group) is 1. The minimum Gasteiger partial charge on any atom is -0.318 e. The van der Waals surface area contributed by atoms with E-state index in [4.69, 9.17) is 0 Å². The van der Waals surface area contributed by atoms with Crippen LogP contribution in [0, 0.1) is 5.92 Å². The third kappa shape index (κ3) is 4.42. The van der Waals surface area contributed by atoms with Gasteiger partial charge in [0.15, 0.2) is 0 Å². The maximum atomic E-state index is 3.33. The van der Waals surface area contributed by atoms with Crippen molar-refractivity contribution in [3.05, 3.63) is 0 Å². The highest BCUT2D eigenvalue weighted by molar-refractivity contribution is 4.77. The zero-order valence-corrected chi connectivity index (χ0v) is 11.5. The quantitative estimate of drug-likeness (QED) is 0.749. The Labute approximate surface area is 102 Å². The van der Waals surface area contributed by atoms with Crippen LogP contribution >= 0.6 is 0 Å². The van der Waals surface area contributed by atoms with Crippen molar-refractivity contribution in [2.45, 2.75) is 58.4 Å². The van der Waals surface area contributed by atoms with Crippen LogP contribution in [0.2, 0.25) is 0 Å². The van der Waals surface area contributed by atoms with Crippen molar-refractivity contribution in [3.63, 3.8) is 0 Å². The van der Waals surface area contributed by atoms with E-state index in [0.717, 1.165) is 18.5 Å². The minimum absolute atomic E-state index is 0.755. The van der Waals surface area contributed by atoms with Crippen molar-refractivity contribution in [2.24, 2.45) is 5.92 Å². The lowest BCUT2D eigenvalue weighted by atomic mass is 9.96. The highest BCUT2D eigenvalue weighted by Crippen LogP contribution is 2.23. The highest BCUT2D eigenvalue weighted by atomic mass is 15.2. The average molecular weight is 226 g/mol. The first-order chi connectivity index (χ1) is 7.81. The van der Waals surface area contributed by atoms with Crippen LogP contribution in [0.3, 0.4) is 0 Å². The molecular formula is C14H30N2. The molecule has 0 aromatic carbocycles. The molecule has 0 radical (unpaired) electrons. The lowest BCUT2D eigenvalue weighted by Crippen LogP contribution is -2.41. The summed E-state index contributed by atoms with van der Waals surface area (Å²) >= 11 is 0. The van der Waals surface area contributed by atoms with Gasteiger partial charge in [-0.2, -0.15) is 0 Å². The molecule has 2 nitrogen and oxygen atoms in total. The number of likely N-dealkylation sites (tertiary alicyclic amines) is 1. The van der Waals surface area contributed by atoms with Crippen molar-refractivity contribution in [1.82, 2.24) is 10.2 Å². The molecule has 96 valence electrons. The lowest BCUT2D eigenvalue weighted by Gasteiger charge is -2.29. The van der Waals surface area contributed by atoms with Gasteiger partial charge in [0.05, 0.1) is 0 Å². The standard InChI is InChI=1S/C14H30N2/c1-4-7-13-8-6-10-16(11-9-13)14(5-2)12-15-3/h13-15H,4-12H2,1-3H3. The summed E-state index contributed by atoms with van der Waals surface area (Å²) in [6, 6.07) is 0.755. The van der Waals surface area contributed by atoms with Crippen LogP contribution in [-0.2, 0) is 0 Å². The Balaban J connectivity index is 2.38. The molecule has 1 fully saturated rings. The van der Waals surface area contributed by atoms with Gasteiger partial charge in [0.1, 0.15) is 0 Å². The Bertz CT molecular complexity index is 170. The summed E-state index contributed by atoms with van der Waals surface area (Å²) in [5, 5.41) is 3.33.